The van der Waals surface area contributed by atoms with Crippen LogP contribution in [0, 0.1) is 5.41 Å². The Bertz CT molecular complexity index is 447. The molecule has 2 rings (SSSR count). The summed E-state index contributed by atoms with van der Waals surface area (Å²) in [7, 11) is 1.78. The summed E-state index contributed by atoms with van der Waals surface area (Å²) in [5, 5.41) is 0. The van der Waals surface area contributed by atoms with Crippen molar-refractivity contribution in [2.75, 3.05) is 7.11 Å². The lowest BCUT2D eigenvalue weighted by Gasteiger charge is -2.41. The van der Waals surface area contributed by atoms with Gasteiger partial charge >= 0.3 is 0 Å². The van der Waals surface area contributed by atoms with Crippen molar-refractivity contribution in [1.29, 1.82) is 0 Å². The summed E-state index contributed by atoms with van der Waals surface area (Å²) < 4.78 is 5.86. The number of hydrogen-bond acceptors (Lipinski definition) is 4. The highest BCUT2D eigenvalue weighted by molar-refractivity contribution is 5.11. The van der Waals surface area contributed by atoms with Gasteiger partial charge in [0.05, 0.1) is 0 Å². The molecule has 0 bridgehead atoms. The van der Waals surface area contributed by atoms with E-state index in [1.54, 1.807) is 7.11 Å². The zero-order valence-electron chi connectivity index (χ0n) is 13.1. The van der Waals surface area contributed by atoms with Crippen LogP contribution in [0.15, 0.2) is 12.3 Å². The summed E-state index contributed by atoms with van der Waals surface area (Å²) in [5.41, 5.74) is 6.95. The molecule has 112 valence electrons. The van der Waals surface area contributed by atoms with Gasteiger partial charge in [-0.05, 0) is 44.1 Å². The molecule has 1 heterocycles. The van der Waals surface area contributed by atoms with E-state index in [-0.39, 0.29) is 11.6 Å². The van der Waals surface area contributed by atoms with E-state index in [1.807, 2.05) is 19.2 Å². The highest BCUT2D eigenvalue weighted by atomic mass is 16.5. The lowest BCUT2D eigenvalue weighted by atomic mass is 9.70. The topological polar surface area (TPSA) is 61.0 Å². The average molecular weight is 277 g/mol. The smallest absolute Gasteiger partial charge is 0.160 e. The monoisotopic (exact) mass is 277 g/mol. The van der Waals surface area contributed by atoms with Crippen molar-refractivity contribution in [3.05, 3.63) is 23.8 Å². The molecule has 0 radical (unpaired) electrons. The first-order valence-corrected chi connectivity index (χ1v) is 7.50. The molecule has 1 saturated carbocycles. The van der Waals surface area contributed by atoms with Crippen LogP contribution in [0.2, 0.25) is 0 Å². The largest absolute Gasteiger partial charge is 0.370 e. The quantitative estimate of drug-likeness (QED) is 0.919. The summed E-state index contributed by atoms with van der Waals surface area (Å²) >= 11 is 0. The Kier molecular flexibility index (Phi) is 4.45. The molecule has 1 fully saturated rings. The van der Waals surface area contributed by atoms with Crippen molar-refractivity contribution in [2.24, 2.45) is 11.1 Å². The van der Waals surface area contributed by atoms with E-state index in [0.29, 0.717) is 5.41 Å². The number of nitrogens with zero attached hydrogens (tertiary/aromatic N) is 2. The van der Waals surface area contributed by atoms with Crippen LogP contribution in [-0.2, 0) is 16.8 Å². The van der Waals surface area contributed by atoms with E-state index in [4.69, 9.17) is 15.5 Å². The van der Waals surface area contributed by atoms with Gasteiger partial charge in [0.25, 0.3) is 0 Å². The van der Waals surface area contributed by atoms with Gasteiger partial charge in [-0.2, -0.15) is 0 Å². The van der Waals surface area contributed by atoms with Crippen LogP contribution in [0.1, 0.15) is 58.0 Å². The molecule has 0 aliphatic heterocycles. The highest BCUT2D eigenvalue weighted by Crippen LogP contribution is 2.45. The summed E-state index contributed by atoms with van der Waals surface area (Å²) in [4.78, 5) is 9.20. The molecule has 0 amide bonds. The summed E-state index contributed by atoms with van der Waals surface area (Å²) in [5.74, 6) is 0.827. The number of methoxy groups -OCH3 is 1. The van der Waals surface area contributed by atoms with Crippen molar-refractivity contribution in [1.82, 2.24) is 9.97 Å². The van der Waals surface area contributed by atoms with E-state index in [2.05, 4.69) is 18.8 Å². The molecule has 0 saturated heterocycles. The van der Waals surface area contributed by atoms with Gasteiger partial charge in [0, 0.05) is 31.5 Å². The summed E-state index contributed by atoms with van der Waals surface area (Å²) in [6.45, 7) is 6.64. The van der Waals surface area contributed by atoms with Gasteiger partial charge in [-0.25, -0.2) is 9.97 Å². The Morgan fingerprint density at radius 1 is 1.30 bits per heavy atom. The minimum absolute atomic E-state index is 0.113. The van der Waals surface area contributed by atoms with Crippen LogP contribution in [0.25, 0.3) is 0 Å². The normalized spacial score (nSPS) is 22.4. The molecule has 2 N–H and O–H groups in total. The second-order valence-corrected chi connectivity index (χ2v) is 6.92. The predicted octanol–water partition coefficient (Wildman–Crippen LogP) is 2.81. The number of rotatable bonds is 4. The Hall–Kier alpha value is -1.00. The maximum absolute atomic E-state index is 5.86. The molecule has 4 nitrogen and oxygen atoms in total. The van der Waals surface area contributed by atoms with E-state index < -0.39 is 0 Å². The van der Waals surface area contributed by atoms with Crippen LogP contribution in [0.4, 0.5) is 0 Å². The van der Waals surface area contributed by atoms with Gasteiger partial charge in [0.2, 0.25) is 0 Å². The van der Waals surface area contributed by atoms with Gasteiger partial charge in [0.15, 0.2) is 5.82 Å². The second-order valence-electron chi connectivity index (χ2n) is 6.92. The third-order valence-electron chi connectivity index (χ3n) is 4.45. The van der Waals surface area contributed by atoms with Gasteiger partial charge < -0.3 is 10.5 Å². The first-order valence-electron chi connectivity index (χ1n) is 7.50. The summed E-state index contributed by atoms with van der Waals surface area (Å²) in [6, 6.07) is 2.06. The molecule has 4 heteroatoms. The number of hydrogen-bond donors (Lipinski definition) is 1. The van der Waals surface area contributed by atoms with Gasteiger partial charge in [-0.1, -0.05) is 13.8 Å². The molecule has 1 aliphatic carbocycles. The molecule has 0 aromatic carbocycles. The molecule has 1 aromatic rings. The molecule has 1 unspecified atom stereocenters. The standard InChI is InChI=1S/C16H27N3O/c1-12(17)11-13-5-10-18-14(19-13)16(20-4)8-6-15(2,3)7-9-16/h5,10,12H,6-9,11,17H2,1-4H3. The first-order chi connectivity index (χ1) is 9.37. The lowest BCUT2D eigenvalue weighted by Crippen LogP contribution is -2.38. The maximum atomic E-state index is 5.86. The van der Waals surface area contributed by atoms with Crippen LogP contribution in [0.5, 0.6) is 0 Å². The van der Waals surface area contributed by atoms with Crippen LogP contribution >= 0.6 is 0 Å². The molecule has 1 aliphatic rings. The van der Waals surface area contributed by atoms with Crippen molar-refractivity contribution >= 4 is 0 Å². The van der Waals surface area contributed by atoms with E-state index in [1.165, 1.54) is 0 Å². The molecule has 0 spiro atoms. The fraction of sp³-hybridized carbons (Fsp3) is 0.750. The fourth-order valence-electron chi connectivity index (χ4n) is 2.91. The van der Waals surface area contributed by atoms with Crippen LogP contribution < -0.4 is 5.73 Å². The fourth-order valence-corrected chi connectivity index (χ4v) is 2.91. The zero-order valence-corrected chi connectivity index (χ0v) is 13.1. The van der Waals surface area contributed by atoms with Gasteiger partial charge in [-0.3, -0.25) is 0 Å². The van der Waals surface area contributed by atoms with Crippen LogP contribution in [0.3, 0.4) is 0 Å². The number of nitrogens with two attached hydrogens (primary N) is 1. The molecular weight excluding hydrogens is 250 g/mol. The zero-order chi connectivity index (χ0) is 14.8. The predicted molar refractivity (Wildman–Crippen MR) is 80.3 cm³/mol. The summed E-state index contributed by atoms with van der Waals surface area (Å²) in [6.07, 6.45) is 6.86. The second kappa shape index (κ2) is 5.78. The first kappa shape index (κ1) is 15.4. The van der Waals surface area contributed by atoms with E-state index >= 15 is 0 Å². The highest BCUT2D eigenvalue weighted by Gasteiger charge is 2.42. The SMILES string of the molecule is COC1(c2nccc(CC(C)N)n2)CCC(C)(C)CC1. The van der Waals surface area contributed by atoms with E-state index in [9.17, 15) is 0 Å². The lowest BCUT2D eigenvalue weighted by molar-refractivity contribution is -0.0730. The molecule has 1 aromatic heterocycles. The molecule has 20 heavy (non-hydrogen) atoms. The Labute approximate surface area is 122 Å². The van der Waals surface area contributed by atoms with Crippen molar-refractivity contribution in [3.63, 3.8) is 0 Å². The Balaban J connectivity index is 2.23. The molecular formula is C16H27N3O. The minimum Gasteiger partial charge on any atom is -0.370 e. The maximum Gasteiger partial charge on any atom is 0.160 e. The van der Waals surface area contributed by atoms with Crippen molar-refractivity contribution < 1.29 is 4.74 Å². The Morgan fingerprint density at radius 3 is 2.50 bits per heavy atom. The third kappa shape index (κ3) is 3.36. The Morgan fingerprint density at radius 2 is 1.95 bits per heavy atom. The number of aromatic nitrogens is 2. The molecule has 1 atom stereocenters. The van der Waals surface area contributed by atoms with Gasteiger partial charge in [-0.15, -0.1) is 0 Å². The van der Waals surface area contributed by atoms with Crippen molar-refractivity contribution in [2.45, 2.75) is 64.5 Å². The minimum atomic E-state index is -0.316. The van der Waals surface area contributed by atoms with Gasteiger partial charge in [0.1, 0.15) is 5.60 Å². The average Bonchev–Trinajstić information content (AvgIpc) is 2.39. The van der Waals surface area contributed by atoms with Crippen LogP contribution in [-0.4, -0.2) is 23.1 Å². The third-order valence-corrected chi connectivity index (χ3v) is 4.45. The number of ether oxygens (including phenoxy) is 1. The van der Waals surface area contributed by atoms with Crippen molar-refractivity contribution in [3.8, 4) is 0 Å². The van der Waals surface area contributed by atoms with E-state index in [0.717, 1.165) is 43.6 Å².